The molecule has 0 saturated heterocycles. The van der Waals surface area contributed by atoms with Crippen molar-refractivity contribution in [1.29, 1.82) is 0 Å². The molecule has 0 rings (SSSR count). The van der Waals surface area contributed by atoms with Gasteiger partial charge in [-0.05, 0) is 18.1 Å². The Labute approximate surface area is 101 Å². The average Bonchev–Trinajstić information content (AvgIpc) is 2.14. The largest absolute Gasteiger partial charge is 0.416 e. The van der Waals surface area contributed by atoms with Gasteiger partial charge in [0.05, 0.1) is 0 Å². The second-order valence-electron chi connectivity index (χ2n) is 6.28. The first-order chi connectivity index (χ1) is 7.08. The smallest absolute Gasteiger partial charge is 0.192 e. The van der Waals surface area contributed by atoms with Crippen LogP contribution in [0.15, 0.2) is 12.7 Å². The minimum Gasteiger partial charge on any atom is -0.416 e. The van der Waals surface area contributed by atoms with E-state index < -0.39 is 8.32 Å². The summed E-state index contributed by atoms with van der Waals surface area (Å²) in [5, 5.41) is 0.205. The summed E-state index contributed by atoms with van der Waals surface area (Å²) < 4.78 is 6.11. The summed E-state index contributed by atoms with van der Waals surface area (Å²) in [6.45, 7) is 17.5. The third kappa shape index (κ3) is 4.22. The molecule has 3 heteroatoms. The van der Waals surface area contributed by atoms with Gasteiger partial charge in [-0.1, -0.05) is 33.8 Å². The highest BCUT2D eigenvalue weighted by molar-refractivity contribution is 6.74. The highest BCUT2D eigenvalue weighted by atomic mass is 28.4. The summed E-state index contributed by atoms with van der Waals surface area (Å²) in [4.78, 5) is 10.6. The molecule has 0 aliphatic heterocycles. The molecule has 0 aromatic rings. The Morgan fingerprint density at radius 1 is 1.25 bits per heavy atom. The molecule has 16 heavy (non-hydrogen) atoms. The molecule has 2 nitrogen and oxygen atoms in total. The van der Waals surface area contributed by atoms with Gasteiger partial charge in [0.15, 0.2) is 8.32 Å². The predicted octanol–water partition coefficient (Wildman–Crippen LogP) is 3.79. The van der Waals surface area contributed by atoms with Crippen LogP contribution in [0.1, 0.15) is 34.1 Å². The van der Waals surface area contributed by atoms with Crippen LogP contribution in [-0.4, -0.2) is 21.2 Å². The van der Waals surface area contributed by atoms with E-state index in [4.69, 9.17) is 4.43 Å². The molecular formula is C13H26O2Si. The van der Waals surface area contributed by atoms with Crippen molar-refractivity contribution in [2.45, 2.75) is 52.2 Å². The van der Waals surface area contributed by atoms with E-state index in [9.17, 15) is 4.79 Å². The molecule has 1 atom stereocenters. The van der Waals surface area contributed by atoms with E-state index in [0.29, 0.717) is 13.0 Å². The molecule has 0 N–H and O–H groups in total. The Kier molecular flexibility index (Phi) is 5.14. The third-order valence-corrected chi connectivity index (χ3v) is 8.09. The molecule has 0 aromatic carbocycles. The summed E-state index contributed by atoms with van der Waals surface area (Å²) in [6.07, 6.45) is 3.25. The van der Waals surface area contributed by atoms with Crippen LogP contribution >= 0.6 is 0 Å². The highest BCUT2D eigenvalue weighted by Crippen LogP contribution is 2.38. The Balaban J connectivity index is 4.54. The topological polar surface area (TPSA) is 26.3 Å². The van der Waals surface area contributed by atoms with Crippen molar-refractivity contribution < 1.29 is 9.22 Å². The maximum absolute atomic E-state index is 10.6. The number of aldehydes is 1. The molecule has 0 fully saturated rings. The van der Waals surface area contributed by atoms with Crippen molar-refractivity contribution in [3.8, 4) is 0 Å². The van der Waals surface area contributed by atoms with E-state index in [-0.39, 0.29) is 10.5 Å². The van der Waals surface area contributed by atoms with Gasteiger partial charge >= 0.3 is 0 Å². The Morgan fingerprint density at radius 2 is 1.75 bits per heavy atom. The van der Waals surface area contributed by atoms with Gasteiger partial charge in [-0.15, -0.1) is 6.58 Å². The number of carbonyl (C=O) groups excluding carboxylic acids is 1. The summed E-state index contributed by atoms with van der Waals surface area (Å²) in [5.74, 6) is 0. The van der Waals surface area contributed by atoms with Crippen LogP contribution in [0.2, 0.25) is 18.1 Å². The van der Waals surface area contributed by atoms with Crippen molar-refractivity contribution in [1.82, 2.24) is 0 Å². The molecule has 0 amide bonds. The highest BCUT2D eigenvalue weighted by Gasteiger charge is 2.38. The fraction of sp³-hybridized carbons (Fsp3) is 0.769. The molecule has 0 bridgehead atoms. The van der Waals surface area contributed by atoms with E-state index in [1.165, 1.54) is 0 Å². The standard InChI is InChI=1S/C13H26O2Si/c1-8-13(5,9-10-14)11-15-16(6,7)12(2,3)4/h8,10H,1,9,11H2,2-7H3. The van der Waals surface area contributed by atoms with Crippen LogP contribution in [0.5, 0.6) is 0 Å². The van der Waals surface area contributed by atoms with E-state index >= 15 is 0 Å². The molecule has 1 unspecified atom stereocenters. The summed E-state index contributed by atoms with van der Waals surface area (Å²) in [7, 11) is -1.72. The quantitative estimate of drug-likeness (QED) is 0.402. The summed E-state index contributed by atoms with van der Waals surface area (Å²) >= 11 is 0. The van der Waals surface area contributed by atoms with Crippen molar-refractivity contribution in [2.75, 3.05) is 6.61 Å². The lowest BCUT2D eigenvalue weighted by molar-refractivity contribution is -0.109. The van der Waals surface area contributed by atoms with Crippen molar-refractivity contribution in [3.63, 3.8) is 0 Å². The van der Waals surface area contributed by atoms with Gasteiger partial charge in [-0.2, -0.15) is 0 Å². The fourth-order valence-corrected chi connectivity index (χ4v) is 2.08. The van der Waals surface area contributed by atoms with Crippen LogP contribution in [-0.2, 0) is 9.22 Å². The molecule has 0 aliphatic carbocycles. The lowest BCUT2D eigenvalue weighted by atomic mass is 9.89. The van der Waals surface area contributed by atoms with E-state index in [1.807, 2.05) is 13.0 Å². The first-order valence-corrected chi connectivity index (χ1v) is 8.70. The number of hydrogen-bond donors (Lipinski definition) is 0. The van der Waals surface area contributed by atoms with Crippen LogP contribution < -0.4 is 0 Å². The molecule has 0 spiro atoms. The van der Waals surface area contributed by atoms with Gasteiger partial charge in [-0.25, -0.2) is 0 Å². The molecule has 0 aromatic heterocycles. The van der Waals surface area contributed by atoms with Crippen LogP contribution in [0.25, 0.3) is 0 Å². The fourth-order valence-electron chi connectivity index (χ4n) is 0.953. The van der Waals surface area contributed by atoms with E-state index in [1.54, 1.807) is 0 Å². The van der Waals surface area contributed by atoms with Gasteiger partial charge in [-0.3, -0.25) is 0 Å². The Morgan fingerprint density at radius 3 is 2.06 bits per heavy atom. The van der Waals surface area contributed by atoms with Crippen LogP contribution in [0.4, 0.5) is 0 Å². The number of hydrogen-bond acceptors (Lipinski definition) is 2. The molecule has 94 valence electrons. The number of rotatable bonds is 6. The van der Waals surface area contributed by atoms with Crippen molar-refractivity contribution >= 4 is 14.6 Å². The zero-order chi connectivity index (χ0) is 13.0. The molecule has 0 radical (unpaired) electrons. The van der Waals surface area contributed by atoms with Crippen LogP contribution in [0, 0.1) is 5.41 Å². The monoisotopic (exact) mass is 242 g/mol. The average molecular weight is 242 g/mol. The minimum absolute atomic E-state index is 0.205. The number of carbonyl (C=O) groups is 1. The molecule has 0 aliphatic rings. The van der Waals surface area contributed by atoms with Crippen LogP contribution in [0.3, 0.4) is 0 Å². The van der Waals surface area contributed by atoms with Crippen molar-refractivity contribution in [2.24, 2.45) is 5.41 Å². The Hall–Kier alpha value is -0.413. The normalized spacial score (nSPS) is 16.6. The van der Waals surface area contributed by atoms with Gasteiger partial charge in [0.1, 0.15) is 6.29 Å². The zero-order valence-corrected chi connectivity index (χ0v) is 12.6. The van der Waals surface area contributed by atoms with Gasteiger partial charge < -0.3 is 9.22 Å². The maximum atomic E-state index is 10.6. The molecule has 0 heterocycles. The zero-order valence-electron chi connectivity index (χ0n) is 11.6. The minimum atomic E-state index is -1.72. The third-order valence-electron chi connectivity index (χ3n) is 3.61. The van der Waals surface area contributed by atoms with Gasteiger partial charge in [0.2, 0.25) is 0 Å². The van der Waals surface area contributed by atoms with Crippen molar-refractivity contribution in [3.05, 3.63) is 12.7 Å². The first kappa shape index (κ1) is 15.6. The van der Waals surface area contributed by atoms with Gasteiger partial charge in [0.25, 0.3) is 0 Å². The lowest BCUT2D eigenvalue weighted by Crippen LogP contribution is -2.43. The summed E-state index contributed by atoms with van der Waals surface area (Å²) in [6, 6.07) is 0. The molecule has 0 saturated carbocycles. The maximum Gasteiger partial charge on any atom is 0.192 e. The van der Waals surface area contributed by atoms with E-state index in [0.717, 1.165) is 6.29 Å². The SMILES string of the molecule is C=CC(C)(CC=O)CO[Si](C)(C)C(C)(C)C. The lowest BCUT2D eigenvalue weighted by Gasteiger charge is -2.38. The Bertz CT molecular complexity index is 253. The first-order valence-electron chi connectivity index (χ1n) is 5.79. The summed E-state index contributed by atoms with van der Waals surface area (Å²) in [5.41, 5.74) is -0.225. The second kappa shape index (κ2) is 5.28. The van der Waals surface area contributed by atoms with Gasteiger partial charge in [0, 0.05) is 18.4 Å². The predicted molar refractivity (Wildman–Crippen MR) is 72.1 cm³/mol. The van der Waals surface area contributed by atoms with E-state index in [2.05, 4.69) is 40.4 Å². The molecular weight excluding hydrogens is 216 g/mol. The second-order valence-corrected chi connectivity index (χ2v) is 11.1.